The van der Waals surface area contributed by atoms with Crippen molar-refractivity contribution in [1.82, 2.24) is 10.1 Å². The zero-order valence-corrected chi connectivity index (χ0v) is 13.4. The summed E-state index contributed by atoms with van der Waals surface area (Å²) in [6.07, 6.45) is 0.762. The van der Waals surface area contributed by atoms with Gasteiger partial charge in [-0.15, -0.1) is 0 Å². The predicted molar refractivity (Wildman–Crippen MR) is 85.2 cm³/mol. The Bertz CT molecular complexity index is 696. The number of benzene rings is 1. The van der Waals surface area contributed by atoms with Crippen molar-refractivity contribution in [1.29, 1.82) is 0 Å². The van der Waals surface area contributed by atoms with E-state index in [1.807, 2.05) is 32.0 Å². The van der Waals surface area contributed by atoms with E-state index in [0.29, 0.717) is 18.9 Å². The molecule has 3 rings (SSSR count). The number of hydrogen-bond acceptors (Lipinski definition) is 3. The van der Waals surface area contributed by atoms with Gasteiger partial charge in [0.2, 0.25) is 0 Å². The van der Waals surface area contributed by atoms with Gasteiger partial charge in [0.15, 0.2) is 5.82 Å². The van der Waals surface area contributed by atoms with E-state index in [2.05, 4.69) is 10.5 Å². The number of fused-ring (bicyclic) bond motifs is 1. The number of carbonyl (C=O) groups is 1. The molecular formula is C16H18ClN3O2. The topological polar surface area (TPSA) is 58.4 Å². The number of amides is 2. The summed E-state index contributed by atoms with van der Waals surface area (Å²) in [5.74, 6) is 1.44. The first-order chi connectivity index (χ1) is 10.5. The molecule has 1 N–H and O–H groups in total. The summed E-state index contributed by atoms with van der Waals surface area (Å²) in [4.78, 5) is 14.1. The first kappa shape index (κ1) is 14.9. The van der Waals surface area contributed by atoms with Gasteiger partial charge in [-0.3, -0.25) is 5.32 Å². The normalized spacial score (nSPS) is 14.1. The van der Waals surface area contributed by atoms with E-state index in [9.17, 15) is 4.79 Å². The molecule has 2 heterocycles. The molecule has 1 aromatic carbocycles. The maximum atomic E-state index is 12.3. The second kappa shape index (κ2) is 6.01. The van der Waals surface area contributed by atoms with Gasteiger partial charge in [-0.2, -0.15) is 0 Å². The average Bonchev–Trinajstić information content (AvgIpc) is 2.96. The van der Waals surface area contributed by atoms with E-state index in [4.69, 9.17) is 16.1 Å². The Morgan fingerprint density at radius 3 is 3.00 bits per heavy atom. The van der Waals surface area contributed by atoms with Crippen molar-refractivity contribution in [2.75, 3.05) is 11.9 Å². The maximum Gasteiger partial charge on any atom is 0.323 e. The fraction of sp³-hybridized carbons (Fsp3) is 0.375. The molecule has 1 aliphatic heterocycles. The fourth-order valence-corrected chi connectivity index (χ4v) is 2.83. The Kier molecular flexibility index (Phi) is 4.07. The van der Waals surface area contributed by atoms with Crippen LogP contribution in [0.25, 0.3) is 0 Å². The number of rotatable bonds is 2. The SMILES string of the molecule is CC(C)c1cc(NC(=O)N2CCc3c(Cl)cccc3C2)no1. The van der Waals surface area contributed by atoms with Crippen LogP contribution < -0.4 is 5.32 Å². The molecule has 0 saturated heterocycles. The van der Waals surface area contributed by atoms with Crippen molar-refractivity contribution in [3.05, 3.63) is 46.2 Å². The van der Waals surface area contributed by atoms with E-state index in [1.165, 1.54) is 0 Å². The molecule has 0 atom stereocenters. The monoisotopic (exact) mass is 319 g/mol. The van der Waals surface area contributed by atoms with E-state index < -0.39 is 0 Å². The minimum absolute atomic E-state index is 0.172. The molecule has 1 aromatic heterocycles. The second-order valence-corrected chi connectivity index (χ2v) is 6.16. The van der Waals surface area contributed by atoms with Gasteiger partial charge in [-0.25, -0.2) is 4.79 Å². The van der Waals surface area contributed by atoms with Gasteiger partial charge >= 0.3 is 6.03 Å². The van der Waals surface area contributed by atoms with Gasteiger partial charge < -0.3 is 9.42 Å². The summed E-state index contributed by atoms with van der Waals surface area (Å²) >= 11 is 6.19. The largest absolute Gasteiger partial charge is 0.359 e. The number of carbonyl (C=O) groups excluding carboxylic acids is 1. The van der Waals surface area contributed by atoms with Gasteiger partial charge in [-0.1, -0.05) is 42.7 Å². The molecule has 5 nitrogen and oxygen atoms in total. The highest BCUT2D eigenvalue weighted by atomic mass is 35.5. The summed E-state index contributed by atoms with van der Waals surface area (Å²) in [5, 5.41) is 7.43. The lowest BCUT2D eigenvalue weighted by atomic mass is 10.00. The van der Waals surface area contributed by atoms with Crippen LogP contribution in [0, 0.1) is 0 Å². The first-order valence-electron chi connectivity index (χ1n) is 7.33. The van der Waals surface area contributed by atoms with Gasteiger partial charge in [0.25, 0.3) is 0 Å². The quantitative estimate of drug-likeness (QED) is 0.908. The highest BCUT2D eigenvalue weighted by molar-refractivity contribution is 6.31. The van der Waals surface area contributed by atoms with Crippen molar-refractivity contribution in [3.63, 3.8) is 0 Å². The van der Waals surface area contributed by atoms with E-state index in [0.717, 1.165) is 28.3 Å². The van der Waals surface area contributed by atoms with Gasteiger partial charge in [0, 0.05) is 30.1 Å². The van der Waals surface area contributed by atoms with Crippen molar-refractivity contribution < 1.29 is 9.32 Å². The highest BCUT2D eigenvalue weighted by Gasteiger charge is 2.23. The predicted octanol–water partition coefficient (Wildman–Crippen LogP) is 4.04. The number of anilines is 1. The Balaban J connectivity index is 1.68. The number of hydrogen-bond donors (Lipinski definition) is 1. The third kappa shape index (κ3) is 2.95. The van der Waals surface area contributed by atoms with E-state index >= 15 is 0 Å². The van der Waals surface area contributed by atoms with Crippen LogP contribution in [0.3, 0.4) is 0 Å². The van der Waals surface area contributed by atoms with Crippen molar-refractivity contribution in [2.24, 2.45) is 0 Å². The molecule has 0 spiro atoms. The molecule has 1 aliphatic rings. The Morgan fingerprint density at radius 2 is 2.27 bits per heavy atom. The molecule has 6 heteroatoms. The van der Waals surface area contributed by atoms with Crippen molar-refractivity contribution in [2.45, 2.75) is 32.7 Å². The average molecular weight is 320 g/mol. The molecule has 0 fully saturated rings. The first-order valence-corrected chi connectivity index (χ1v) is 7.71. The molecule has 2 amide bonds. The van der Waals surface area contributed by atoms with E-state index in [1.54, 1.807) is 11.0 Å². The second-order valence-electron chi connectivity index (χ2n) is 5.75. The number of aromatic nitrogens is 1. The number of nitrogens with zero attached hydrogens (tertiary/aromatic N) is 2. The molecule has 2 aromatic rings. The number of nitrogens with one attached hydrogen (secondary N) is 1. The van der Waals surface area contributed by atoms with Crippen LogP contribution in [0.5, 0.6) is 0 Å². The van der Waals surface area contributed by atoms with Crippen LogP contribution in [-0.4, -0.2) is 22.6 Å². The van der Waals surface area contributed by atoms with Crippen molar-refractivity contribution >= 4 is 23.4 Å². The fourth-order valence-electron chi connectivity index (χ4n) is 2.55. The molecular weight excluding hydrogens is 302 g/mol. The van der Waals surface area contributed by atoms with Gasteiger partial charge in [0.05, 0.1) is 0 Å². The highest BCUT2D eigenvalue weighted by Crippen LogP contribution is 2.26. The third-order valence-corrected chi connectivity index (χ3v) is 4.18. The summed E-state index contributed by atoms with van der Waals surface area (Å²) in [6, 6.07) is 7.40. The van der Waals surface area contributed by atoms with Crippen LogP contribution >= 0.6 is 11.6 Å². The van der Waals surface area contributed by atoms with Gasteiger partial charge in [-0.05, 0) is 23.6 Å². The zero-order chi connectivity index (χ0) is 15.7. The molecule has 0 radical (unpaired) electrons. The molecule has 116 valence electrons. The molecule has 0 bridgehead atoms. The molecule has 0 aliphatic carbocycles. The minimum atomic E-state index is -0.172. The smallest absolute Gasteiger partial charge is 0.323 e. The molecule has 22 heavy (non-hydrogen) atoms. The summed E-state index contributed by atoms with van der Waals surface area (Å²) < 4.78 is 5.19. The lowest BCUT2D eigenvalue weighted by Gasteiger charge is -2.29. The lowest BCUT2D eigenvalue weighted by Crippen LogP contribution is -2.39. The summed E-state index contributed by atoms with van der Waals surface area (Å²) in [6.45, 7) is 5.21. The minimum Gasteiger partial charge on any atom is -0.359 e. The lowest BCUT2D eigenvalue weighted by molar-refractivity contribution is 0.206. The molecule has 0 saturated carbocycles. The van der Waals surface area contributed by atoms with Crippen LogP contribution in [0.1, 0.15) is 36.7 Å². The standard InChI is InChI=1S/C16H18ClN3O2/c1-10(2)14-8-15(19-22-14)18-16(21)20-7-6-12-11(9-20)4-3-5-13(12)17/h3-5,8,10H,6-7,9H2,1-2H3,(H,18,19,21). The Morgan fingerprint density at radius 1 is 1.45 bits per heavy atom. The van der Waals surface area contributed by atoms with Crippen LogP contribution in [0.4, 0.5) is 10.6 Å². The Hall–Kier alpha value is -2.01. The third-order valence-electron chi connectivity index (χ3n) is 3.83. The van der Waals surface area contributed by atoms with Gasteiger partial charge in [0.1, 0.15) is 5.76 Å². The van der Waals surface area contributed by atoms with E-state index in [-0.39, 0.29) is 11.9 Å². The Labute approximate surface area is 134 Å². The number of urea groups is 1. The molecule has 0 unspecified atom stereocenters. The van der Waals surface area contributed by atoms with Crippen LogP contribution in [0.2, 0.25) is 5.02 Å². The van der Waals surface area contributed by atoms with Crippen molar-refractivity contribution in [3.8, 4) is 0 Å². The van der Waals surface area contributed by atoms with Crippen LogP contribution in [-0.2, 0) is 13.0 Å². The van der Waals surface area contributed by atoms with Crippen LogP contribution in [0.15, 0.2) is 28.8 Å². The number of halogens is 1. The summed E-state index contributed by atoms with van der Waals surface area (Å²) in [5.41, 5.74) is 2.23. The zero-order valence-electron chi connectivity index (χ0n) is 12.6. The maximum absolute atomic E-state index is 12.3. The summed E-state index contributed by atoms with van der Waals surface area (Å²) in [7, 11) is 0.